The number of anilines is 5. The first-order valence-electron chi connectivity index (χ1n) is 13.0. The summed E-state index contributed by atoms with van der Waals surface area (Å²) in [7, 11) is -0.189. The molecule has 5 rings (SSSR count). The van der Waals surface area contributed by atoms with Gasteiger partial charge in [0.1, 0.15) is 17.3 Å². The Morgan fingerprint density at radius 2 is 1.66 bits per heavy atom. The molecule has 11 nitrogen and oxygen atoms in total. The number of methoxy groups -OCH3 is 2. The van der Waals surface area contributed by atoms with Crippen LogP contribution in [-0.2, 0) is 20.5 Å². The molecule has 1 unspecified atom stereocenters. The lowest BCUT2D eigenvalue weighted by Crippen LogP contribution is -2.20. The summed E-state index contributed by atoms with van der Waals surface area (Å²) in [6.07, 6.45) is 2.09. The number of amides is 1. The van der Waals surface area contributed by atoms with Crippen molar-refractivity contribution in [2.45, 2.75) is 25.7 Å². The third kappa shape index (κ3) is 6.38. The number of carbonyl (C=O) groups excluding carboxylic acids is 2. The molecular weight excluding hydrogens is 546 g/mol. The number of carbonyl (C=O) groups is 2. The normalized spacial score (nSPS) is 14.7. The molecule has 3 aromatic carbocycles. The van der Waals surface area contributed by atoms with E-state index in [9.17, 15) is 18.0 Å². The molecule has 2 N–H and O–H groups in total. The van der Waals surface area contributed by atoms with Gasteiger partial charge in [-0.1, -0.05) is 18.2 Å². The lowest BCUT2D eigenvalue weighted by atomic mass is 10.0. The highest BCUT2D eigenvalue weighted by Crippen LogP contribution is 2.36. The van der Waals surface area contributed by atoms with Crippen molar-refractivity contribution in [2.75, 3.05) is 29.2 Å². The maximum Gasteiger partial charge on any atom is 0.230 e. The third-order valence-corrected chi connectivity index (χ3v) is 7.51. The number of nitrogens with one attached hydrogen (secondary N) is 2. The molecule has 12 heteroatoms. The Kier molecular flexibility index (Phi) is 8.29. The van der Waals surface area contributed by atoms with Gasteiger partial charge in [0.15, 0.2) is 11.6 Å². The van der Waals surface area contributed by atoms with Crippen molar-refractivity contribution in [3.8, 4) is 11.5 Å². The van der Waals surface area contributed by atoms with Crippen LogP contribution in [0.2, 0.25) is 0 Å². The van der Waals surface area contributed by atoms with Gasteiger partial charge in [0, 0.05) is 48.3 Å². The van der Waals surface area contributed by atoms with E-state index in [-0.39, 0.29) is 41.4 Å². The van der Waals surface area contributed by atoms with Crippen LogP contribution in [0.15, 0.2) is 66.7 Å². The molecule has 212 valence electrons. The minimum absolute atomic E-state index is 0.0293. The maximum absolute atomic E-state index is 12.7. The van der Waals surface area contributed by atoms with Crippen LogP contribution in [0.3, 0.4) is 0 Å². The van der Waals surface area contributed by atoms with E-state index in [4.69, 9.17) is 9.47 Å². The zero-order valence-electron chi connectivity index (χ0n) is 22.5. The number of ketones is 1. The van der Waals surface area contributed by atoms with Crippen LogP contribution >= 0.6 is 0 Å². The van der Waals surface area contributed by atoms with Crippen LogP contribution < -0.4 is 24.4 Å². The predicted octanol–water partition coefficient (Wildman–Crippen LogP) is 4.75. The standard InChI is InChI=1S/C29H29N5O6S/c1-39-22-15-20(16-23(17-22)40-2)31-28-29(33-25-11-4-3-10-24(25)32-28)34(41(37)38)21-9-6-8-19(14-21)30-27(36)13-18-7-5-12-26(18)35/h3-4,6,8-11,14-18,41H,5,7,12-13H2,1-2H3,(H,30,36)(H,31,32). The van der Waals surface area contributed by atoms with E-state index < -0.39 is 10.9 Å². The Balaban J connectivity index is 1.52. The van der Waals surface area contributed by atoms with Crippen LogP contribution in [-0.4, -0.2) is 44.3 Å². The van der Waals surface area contributed by atoms with Crippen molar-refractivity contribution in [3.05, 3.63) is 66.7 Å². The molecule has 4 aromatic rings. The minimum atomic E-state index is -3.25. The number of hydrogen-bond acceptors (Lipinski definition) is 9. The number of fused-ring (bicyclic) bond motifs is 1. The van der Waals surface area contributed by atoms with E-state index >= 15 is 0 Å². The monoisotopic (exact) mass is 575 g/mol. The second-order valence-corrected chi connectivity index (χ2v) is 10.4. The zero-order valence-corrected chi connectivity index (χ0v) is 23.4. The smallest absolute Gasteiger partial charge is 0.230 e. The van der Waals surface area contributed by atoms with E-state index in [1.54, 1.807) is 54.6 Å². The van der Waals surface area contributed by atoms with Gasteiger partial charge >= 0.3 is 0 Å². The van der Waals surface area contributed by atoms with Gasteiger partial charge in [0.05, 0.1) is 30.9 Å². The summed E-state index contributed by atoms with van der Waals surface area (Å²) in [6, 6.07) is 18.7. The number of aromatic nitrogens is 2. The number of nitrogens with zero attached hydrogens (tertiary/aromatic N) is 3. The molecule has 0 spiro atoms. The Morgan fingerprint density at radius 3 is 2.29 bits per heavy atom. The topological polar surface area (TPSA) is 140 Å². The highest BCUT2D eigenvalue weighted by molar-refractivity contribution is 7.74. The Hall–Kier alpha value is -4.71. The van der Waals surface area contributed by atoms with Crippen LogP contribution in [0.25, 0.3) is 11.0 Å². The minimum Gasteiger partial charge on any atom is -0.497 e. The van der Waals surface area contributed by atoms with Gasteiger partial charge in [0.25, 0.3) is 0 Å². The SMILES string of the molecule is COc1cc(Nc2nc3ccccc3nc2N(c2cccc(NC(=O)CC3CCCC3=O)c2)[SH](=O)=O)cc(OC)c1. The number of Topliss-reactive ketones (excluding diaryl/α,β-unsaturated/α-hetero) is 1. The molecule has 1 amide bonds. The second-order valence-electron chi connectivity index (χ2n) is 9.52. The van der Waals surface area contributed by atoms with E-state index in [1.807, 2.05) is 6.07 Å². The average Bonchev–Trinajstić information content (AvgIpc) is 3.36. The Bertz CT molecular complexity index is 1660. The molecule has 0 bridgehead atoms. The maximum atomic E-state index is 12.7. The van der Waals surface area contributed by atoms with Gasteiger partial charge in [-0.2, -0.15) is 0 Å². The summed E-state index contributed by atoms with van der Waals surface area (Å²) in [5, 5.41) is 5.96. The molecular formula is C29H29N5O6S. The van der Waals surface area contributed by atoms with Gasteiger partial charge in [-0.05, 0) is 43.2 Å². The van der Waals surface area contributed by atoms with Gasteiger partial charge in [-0.3, -0.25) is 9.59 Å². The first-order chi connectivity index (χ1) is 19.8. The van der Waals surface area contributed by atoms with Crippen molar-refractivity contribution in [2.24, 2.45) is 5.92 Å². The molecule has 0 radical (unpaired) electrons. The van der Waals surface area contributed by atoms with Crippen LogP contribution in [0.5, 0.6) is 11.5 Å². The zero-order chi connectivity index (χ0) is 28.9. The van der Waals surface area contributed by atoms with Crippen LogP contribution in [0.4, 0.5) is 28.7 Å². The molecule has 1 aliphatic carbocycles. The quantitative estimate of drug-likeness (QED) is 0.229. The van der Waals surface area contributed by atoms with E-state index in [0.29, 0.717) is 46.7 Å². The number of hydrogen-bond donors (Lipinski definition) is 3. The summed E-state index contributed by atoms with van der Waals surface area (Å²) >= 11 is 0. The first-order valence-corrected chi connectivity index (χ1v) is 14.1. The van der Waals surface area contributed by atoms with Gasteiger partial charge in [0.2, 0.25) is 16.8 Å². The molecule has 0 saturated heterocycles. The molecule has 1 atom stereocenters. The second kappa shape index (κ2) is 12.2. The van der Waals surface area contributed by atoms with Crippen molar-refractivity contribution in [1.82, 2.24) is 9.97 Å². The number of ether oxygens (including phenoxy) is 2. The molecule has 1 aromatic heterocycles. The summed E-state index contributed by atoms with van der Waals surface area (Å²) < 4.78 is 37.3. The third-order valence-electron chi connectivity index (χ3n) is 6.77. The lowest BCUT2D eigenvalue weighted by molar-refractivity contribution is -0.125. The number of thiol groups is 1. The highest BCUT2D eigenvalue weighted by atomic mass is 32.2. The Morgan fingerprint density at radius 1 is 0.951 bits per heavy atom. The van der Waals surface area contributed by atoms with E-state index in [0.717, 1.165) is 10.7 Å². The fourth-order valence-electron chi connectivity index (χ4n) is 4.79. The summed E-state index contributed by atoms with van der Waals surface area (Å²) in [4.78, 5) is 34.0. The fraction of sp³-hybridized carbons (Fsp3) is 0.241. The molecule has 1 heterocycles. The molecule has 1 saturated carbocycles. The van der Waals surface area contributed by atoms with Crippen LogP contribution in [0, 0.1) is 5.92 Å². The predicted molar refractivity (Wildman–Crippen MR) is 157 cm³/mol. The van der Waals surface area contributed by atoms with Crippen LogP contribution in [0.1, 0.15) is 25.7 Å². The highest BCUT2D eigenvalue weighted by Gasteiger charge is 2.27. The first kappa shape index (κ1) is 27.8. The number of para-hydroxylation sites is 2. The van der Waals surface area contributed by atoms with Gasteiger partial charge in [-0.25, -0.2) is 22.7 Å². The van der Waals surface area contributed by atoms with Gasteiger partial charge < -0.3 is 20.1 Å². The van der Waals surface area contributed by atoms with E-state index in [1.165, 1.54) is 20.3 Å². The van der Waals surface area contributed by atoms with Crippen molar-refractivity contribution in [3.63, 3.8) is 0 Å². The summed E-state index contributed by atoms with van der Waals surface area (Å²) in [5.74, 6) is 0.775. The number of rotatable bonds is 10. The molecule has 1 fully saturated rings. The fourth-order valence-corrected chi connectivity index (χ4v) is 5.39. The largest absolute Gasteiger partial charge is 0.497 e. The number of benzene rings is 3. The van der Waals surface area contributed by atoms with Gasteiger partial charge in [-0.15, -0.1) is 0 Å². The molecule has 0 aliphatic heterocycles. The van der Waals surface area contributed by atoms with Crippen molar-refractivity contribution < 1.29 is 27.5 Å². The van der Waals surface area contributed by atoms with E-state index in [2.05, 4.69) is 20.6 Å². The Labute approximate surface area is 238 Å². The molecule has 1 aliphatic rings. The van der Waals surface area contributed by atoms with Crippen molar-refractivity contribution in [1.29, 1.82) is 0 Å². The summed E-state index contributed by atoms with van der Waals surface area (Å²) in [6.45, 7) is 0. The average molecular weight is 576 g/mol. The summed E-state index contributed by atoms with van der Waals surface area (Å²) in [5.41, 5.74) is 2.21. The molecule has 41 heavy (non-hydrogen) atoms. The lowest BCUT2D eigenvalue weighted by Gasteiger charge is -2.21. The van der Waals surface area contributed by atoms with Crippen molar-refractivity contribution >= 4 is 62.3 Å².